The molecule has 4 aliphatic heterocycles. The standard InChI is InChI=1S/C28H36N4O5/c1-5-30(6-2)19-10-12-20(13-11-19)31-16-8-14-28-23(22-21(37-28)9-7-15-29(4)25(22)34)26(35)32(18(3)17-33)24(28)27(31)36/h7-14,18,21-24,33H,5-6,15-17H2,1-4H3/t18-,21+,22-,23+,24?,28+/m1/s1. The molecule has 0 bridgehead atoms. The van der Waals surface area contributed by atoms with Crippen molar-refractivity contribution in [1.29, 1.82) is 0 Å². The number of likely N-dealkylation sites (N-methyl/N-ethyl adjacent to an activating group) is 1. The number of ether oxygens (including phenoxy) is 1. The van der Waals surface area contributed by atoms with E-state index >= 15 is 0 Å². The largest absolute Gasteiger partial charge is 0.394 e. The minimum atomic E-state index is -1.29. The molecule has 0 radical (unpaired) electrons. The monoisotopic (exact) mass is 508 g/mol. The van der Waals surface area contributed by atoms with Crippen LogP contribution in [0.25, 0.3) is 0 Å². The molecule has 2 fully saturated rings. The van der Waals surface area contributed by atoms with Crippen molar-refractivity contribution in [2.45, 2.75) is 44.6 Å². The molecule has 5 rings (SSSR count). The number of nitrogens with zero attached hydrogens (tertiary/aromatic N) is 4. The number of anilines is 2. The lowest BCUT2D eigenvalue weighted by Crippen LogP contribution is -2.57. The van der Waals surface area contributed by atoms with Crippen molar-refractivity contribution in [3.8, 4) is 0 Å². The molecule has 0 aliphatic carbocycles. The fraction of sp³-hybridized carbons (Fsp3) is 0.536. The lowest BCUT2D eigenvalue weighted by atomic mass is 9.77. The van der Waals surface area contributed by atoms with Crippen molar-refractivity contribution >= 4 is 29.1 Å². The number of hydrogen-bond donors (Lipinski definition) is 1. The van der Waals surface area contributed by atoms with Gasteiger partial charge < -0.3 is 29.4 Å². The van der Waals surface area contributed by atoms with Crippen molar-refractivity contribution in [3.63, 3.8) is 0 Å². The first-order valence-electron chi connectivity index (χ1n) is 13.2. The van der Waals surface area contributed by atoms with Gasteiger partial charge in [-0.05, 0) is 45.0 Å². The third-order valence-electron chi connectivity index (χ3n) is 8.33. The van der Waals surface area contributed by atoms with Crippen molar-refractivity contribution in [2.75, 3.05) is 49.6 Å². The maximum atomic E-state index is 14.3. The lowest BCUT2D eigenvalue weighted by molar-refractivity contribution is -0.146. The Labute approximate surface area is 217 Å². The molecule has 1 spiro atoms. The zero-order valence-corrected chi connectivity index (χ0v) is 21.9. The molecule has 1 N–H and O–H groups in total. The van der Waals surface area contributed by atoms with E-state index in [-0.39, 0.29) is 24.3 Å². The maximum absolute atomic E-state index is 14.3. The van der Waals surface area contributed by atoms with Gasteiger partial charge in [-0.15, -0.1) is 0 Å². The molecule has 9 nitrogen and oxygen atoms in total. The van der Waals surface area contributed by atoms with Crippen molar-refractivity contribution in [3.05, 3.63) is 48.6 Å². The molecule has 1 unspecified atom stereocenters. The predicted molar refractivity (Wildman–Crippen MR) is 140 cm³/mol. The second-order valence-electron chi connectivity index (χ2n) is 10.3. The second kappa shape index (κ2) is 9.61. The Hall–Kier alpha value is -3.17. The summed E-state index contributed by atoms with van der Waals surface area (Å²) in [6.45, 7) is 8.13. The Bertz CT molecular complexity index is 1130. The summed E-state index contributed by atoms with van der Waals surface area (Å²) in [5.41, 5.74) is 0.502. The molecule has 4 heterocycles. The van der Waals surface area contributed by atoms with E-state index in [0.29, 0.717) is 13.1 Å². The van der Waals surface area contributed by atoms with Crippen LogP contribution in [0.1, 0.15) is 20.8 Å². The molecule has 9 heteroatoms. The summed E-state index contributed by atoms with van der Waals surface area (Å²) in [7, 11) is 1.71. The molecule has 1 aromatic rings. The molecule has 1 aromatic carbocycles. The van der Waals surface area contributed by atoms with Gasteiger partial charge in [0.1, 0.15) is 11.6 Å². The molecular weight excluding hydrogens is 472 g/mol. The fourth-order valence-electron chi connectivity index (χ4n) is 6.43. The Balaban J connectivity index is 1.57. The Morgan fingerprint density at radius 1 is 1.05 bits per heavy atom. The summed E-state index contributed by atoms with van der Waals surface area (Å²) in [6.07, 6.45) is 6.81. The molecule has 6 atom stereocenters. The number of aliphatic hydroxyl groups excluding tert-OH is 1. The minimum absolute atomic E-state index is 0.170. The predicted octanol–water partition coefficient (Wildman–Crippen LogP) is 1.43. The highest BCUT2D eigenvalue weighted by Crippen LogP contribution is 2.54. The van der Waals surface area contributed by atoms with E-state index in [1.54, 1.807) is 23.8 Å². The quantitative estimate of drug-likeness (QED) is 0.585. The van der Waals surface area contributed by atoms with Gasteiger partial charge in [0.25, 0.3) is 5.91 Å². The van der Waals surface area contributed by atoms with Gasteiger partial charge in [-0.1, -0.05) is 24.3 Å². The molecule has 4 aliphatic rings. The molecule has 37 heavy (non-hydrogen) atoms. The summed E-state index contributed by atoms with van der Waals surface area (Å²) in [4.78, 5) is 48.6. The summed E-state index contributed by atoms with van der Waals surface area (Å²) >= 11 is 0. The van der Waals surface area contributed by atoms with Crippen LogP contribution in [0, 0.1) is 11.8 Å². The molecule has 2 saturated heterocycles. The molecule has 3 amide bonds. The highest BCUT2D eigenvalue weighted by atomic mass is 16.5. The molecule has 0 aromatic heterocycles. The summed E-state index contributed by atoms with van der Waals surface area (Å²) in [5, 5.41) is 10.0. The number of benzene rings is 1. The van der Waals surface area contributed by atoms with Crippen LogP contribution in [0.2, 0.25) is 0 Å². The van der Waals surface area contributed by atoms with Crippen molar-refractivity contribution < 1.29 is 24.2 Å². The third-order valence-corrected chi connectivity index (χ3v) is 8.33. The zero-order valence-electron chi connectivity index (χ0n) is 21.9. The van der Waals surface area contributed by atoms with Crippen LogP contribution in [0.4, 0.5) is 11.4 Å². The van der Waals surface area contributed by atoms with Crippen molar-refractivity contribution in [1.82, 2.24) is 9.80 Å². The van der Waals surface area contributed by atoms with Gasteiger partial charge in [0.05, 0.1) is 30.6 Å². The molecular formula is C28H36N4O5. The number of likely N-dealkylation sites (tertiary alicyclic amines) is 1. The number of carbonyl (C=O) groups is 3. The Kier molecular flexibility index (Phi) is 6.62. The number of carbonyl (C=O) groups excluding carboxylic acids is 3. The highest BCUT2D eigenvalue weighted by Gasteiger charge is 2.72. The fourth-order valence-corrected chi connectivity index (χ4v) is 6.43. The van der Waals surface area contributed by atoms with Crippen LogP contribution in [0.15, 0.2) is 48.6 Å². The minimum Gasteiger partial charge on any atom is -0.394 e. The van der Waals surface area contributed by atoms with E-state index in [1.807, 2.05) is 48.6 Å². The van der Waals surface area contributed by atoms with Gasteiger partial charge in [-0.3, -0.25) is 14.4 Å². The Morgan fingerprint density at radius 3 is 2.41 bits per heavy atom. The maximum Gasteiger partial charge on any atom is 0.253 e. The average Bonchev–Trinajstić information content (AvgIpc) is 3.24. The SMILES string of the molecule is CCN(CC)c1ccc(N2CC=C[C@]34O[C@H]5C=CCN(C)C(=O)[C@H]5[C@H]3C(=O)N([C@H](C)CO)C4C2=O)cc1. The first-order chi connectivity index (χ1) is 17.8. The number of aliphatic hydroxyl groups is 1. The normalized spacial score (nSPS) is 31.7. The van der Waals surface area contributed by atoms with Crippen LogP contribution in [0.5, 0.6) is 0 Å². The molecule has 198 valence electrons. The number of hydrogen-bond acceptors (Lipinski definition) is 6. The van der Waals surface area contributed by atoms with Crippen molar-refractivity contribution in [2.24, 2.45) is 11.8 Å². The van der Waals surface area contributed by atoms with E-state index in [2.05, 4.69) is 18.7 Å². The number of fused-ring (bicyclic) bond motifs is 2. The van der Waals surface area contributed by atoms with Crippen LogP contribution < -0.4 is 9.80 Å². The van der Waals surface area contributed by atoms with Crippen LogP contribution in [0.3, 0.4) is 0 Å². The summed E-state index contributed by atoms with van der Waals surface area (Å²) < 4.78 is 6.57. The van der Waals surface area contributed by atoms with E-state index in [1.165, 1.54) is 4.90 Å². The van der Waals surface area contributed by atoms with Gasteiger partial charge in [-0.2, -0.15) is 0 Å². The number of amides is 3. The van der Waals surface area contributed by atoms with E-state index in [4.69, 9.17) is 4.74 Å². The van der Waals surface area contributed by atoms with Crippen LogP contribution in [-0.4, -0.2) is 96.3 Å². The molecule has 0 saturated carbocycles. The van der Waals surface area contributed by atoms with E-state index in [9.17, 15) is 19.5 Å². The van der Waals surface area contributed by atoms with Crippen LogP contribution in [-0.2, 0) is 19.1 Å². The van der Waals surface area contributed by atoms with Gasteiger partial charge in [0.15, 0.2) is 0 Å². The third kappa shape index (κ3) is 3.78. The zero-order chi connectivity index (χ0) is 26.5. The van der Waals surface area contributed by atoms with E-state index in [0.717, 1.165) is 24.5 Å². The lowest BCUT2D eigenvalue weighted by Gasteiger charge is -2.37. The average molecular weight is 509 g/mol. The van der Waals surface area contributed by atoms with Crippen LogP contribution >= 0.6 is 0 Å². The Morgan fingerprint density at radius 2 is 1.76 bits per heavy atom. The van der Waals surface area contributed by atoms with Gasteiger partial charge >= 0.3 is 0 Å². The first-order valence-corrected chi connectivity index (χ1v) is 13.2. The van der Waals surface area contributed by atoms with Gasteiger partial charge in [0.2, 0.25) is 11.8 Å². The van der Waals surface area contributed by atoms with Gasteiger partial charge in [0, 0.05) is 44.6 Å². The summed E-state index contributed by atoms with van der Waals surface area (Å²) in [5.74, 6) is -2.35. The second-order valence-corrected chi connectivity index (χ2v) is 10.3. The smallest absolute Gasteiger partial charge is 0.253 e. The van der Waals surface area contributed by atoms with Gasteiger partial charge in [-0.25, -0.2) is 0 Å². The number of rotatable bonds is 6. The van der Waals surface area contributed by atoms with E-state index < -0.39 is 35.6 Å². The first kappa shape index (κ1) is 25.5. The topological polar surface area (TPSA) is 93.6 Å². The highest BCUT2D eigenvalue weighted by molar-refractivity contribution is 6.06. The summed E-state index contributed by atoms with van der Waals surface area (Å²) in [6, 6.07) is 6.24.